The first kappa shape index (κ1) is 12.7. The maximum atomic E-state index is 11.8. The highest BCUT2D eigenvalue weighted by Gasteiger charge is 2.26. The van der Waals surface area contributed by atoms with Gasteiger partial charge in [-0.1, -0.05) is 11.6 Å². The number of hydrogen-bond donors (Lipinski definition) is 2. The SMILES string of the molecule is CC(=O)NNC(=O)C1COc2ccc(Cl)cc2C1. The van der Waals surface area contributed by atoms with E-state index in [1.54, 1.807) is 18.2 Å². The standard InChI is InChI=1S/C12H13ClN2O3/c1-7(16)14-15-12(17)9-4-8-5-10(13)2-3-11(8)18-6-9/h2-3,5,9H,4,6H2,1H3,(H,14,16)(H,15,17). The molecule has 1 aliphatic heterocycles. The van der Waals surface area contributed by atoms with Crippen LogP contribution in [0.5, 0.6) is 5.75 Å². The Bertz CT molecular complexity index is 490. The van der Waals surface area contributed by atoms with E-state index in [0.29, 0.717) is 18.1 Å². The Labute approximate surface area is 109 Å². The van der Waals surface area contributed by atoms with Gasteiger partial charge in [0.15, 0.2) is 0 Å². The number of fused-ring (bicyclic) bond motifs is 1. The molecule has 96 valence electrons. The number of rotatable bonds is 1. The summed E-state index contributed by atoms with van der Waals surface area (Å²) in [7, 11) is 0. The van der Waals surface area contributed by atoms with Gasteiger partial charge in [-0.25, -0.2) is 0 Å². The molecule has 1 unspecified atom stereocenters. The van der Waals surface area contributed by atoms with Gasteiger partial charge in [0, 0.05) is 11.9 Å². The zero-order chi connectivity index (χ0) is 13.1. The number of ether oxygens (including phenoxy) is 1. The Balaban J connectivity index is 2.02. The Morgan fingerprint density at radius 1 is 1.39 bits per heavy atom. The van der Waals surface area contributed by atoms with Crippen LogP contribution in [-0.2, 0) is 16.0 Å². The molecule has 0 bridgehead atoms. The molecule has 0 aromatic heterocycles. The predicted octanol–water partition coefficient (Wildman–Crippen LogP) is 1.06. The van der Waals surface area contributed by atoms with Gasteiger partial charge in [0.25, 0.3) is 0 Å². The molecule has 1 atom stereocenters. The summed E-state index contributed by atoms with van der Waals surface area (Å²) in [6, 6.07) is 5.33. The van der Waals surface area contributed by atoms with Crippen LogP contribution in [0.25, 0.3) is 0 Å². The van der Waals surface area contributed by atoms with Crippen LogP contribution in [0.3, 0.4) is 0 Å². The van der Waals surface area contributed by atoms with Crippen LogP contribution >= 0.6 is 11.6 Å². The fraction of sp³-hybridized carbons (Fsp3) is 0.333. The highest BCUT2D eigenvalue weighted by Crippen LogP contribution is 2.29. The number of hydrazine groups is 1. The van der Waals surface area contributed by atoms with E-state index in [-0.39, 0.29) is 17.7 Å². The second-order valence-corrected chi connectivity index (χ2v) is 4.57. The van der Waals surface area contributed by atoms with E-state index in [2.05, 4.69) is 10.9 Å². The van der Waals surface area contributed by atoms with Gasteiger partial charge >= 0.3 is 0 Å². The number of carbonyl (C=O) groups is 2. The first-order valence-corrected chi connectivity index (χ1v) is 5.91. The predicted molar refractivity (Wildman–Crippen MR) is 66.1 cm³/mol. The molecule has 0 spiro atoms. The van der Waals surface area contributed by atoms with Crippen molar-refractivity contribution in [3.63, 3.8) is 0 Å². The summed E-state index contributed by atoms with van der Waals surface area (Å²) in [5.41, 5.74) is 5.50. The van der Waals surface area contributed by atoms with Crippen LogP contribution < -0.4 is 15.6 Å². The topological polar surface area (TPSA) is 67.4 Å². The summed E-state index contributed by atoms with van der Waals surface area (Å²) in [6.07, 6.45) is 0.543. The lowest BCUT2D eigenvalue weighted by Gasteiger charge is -2.24. The highest BCUT2D eigenvalue weighted by molar-refractivity contribution is 6.30. The van der Waals surface area contributed by atoms with Crippen molar-refractivity contribution in [2.45, 2.75) is 13.3 Å². The fourth-order valence-electron chi connectivity index (χ4n) is 1.78. The van der Waals surface area contributed by atoms with Gasteiger partial charge in [0.2, 0.25) is 11.8 Å². The van der Waals surface area contributed by atoms with Crippen molar-refractivity contribution in [1.29, 1.82) is 0 Å². The molecule has 6 heteroatoms. The molecule has 2 rings (SSSR count). The van der Waals surface area contributed by atoms with E-state index in [0.717, 1.165) is 11.3 Å². The molecule has 0 fully saturated rings. The second-order valence-electron chi connectivity index (χ2n) is 4.13. The van der Waals surface area contributed by atoms with E-state index in [4.69, 9.17) is 16.3 Å². The van der Waals surface area contributed by atoms with Crippen LogP contribution in [0, 0.1) is 5.92 Å². The van der Waals surface area contributed by atoms with E-state index in [9.17, 15) is 9.59 Å². The molecule has 1 heterocycles. The molecule has 18 heavy (non-hydrogen) atoms. The first-order valence-electron chi connectivity index (χ1n) is 5.54. The summed E-state index contributed by atoms with van der Waals surface area (Å²) >= 11 is 5.89. The van der Waals surface area contributed by atoms with Gasteiger partial charge in [-0.3, -0.25) is 20.4 Å². The molecule has 0 radical (unpaired) electrons. The van der Waals surface area contributed by atoms with E-state index in [1.807, 2.05) is 0 Å². The molecule has 2 N–H and O–H groups in total. The summed E-state index contributed by atoms with van der Waals surface area (Å²) in [5, 5.41) is 0.611. The molecule has 0 aliphatic carbocycles. The molecule has 1 aliphatic rings. The smallest absolute Gasteiger partial charge is 0.245 e. The molecule has 5 nitrogen and oxygen atoms in total. The lowest BCUT2D eigenvalue weighted by atomic mass is 9.96. The normalized spacial score (nSPS) is 17.3. The lowest BCUT2D eigenvalue weighted by molar-refractivity contribution is -0.131. The summed E-state index contributed by atoms with van der Waals surface area (Å²) in [5.74, 6) is -0.162. The lowest BCUT2D eigenvalue weighted by Crippen LogP contribution is -2.46. The third kappa shape index (κ3) is 2.92. The van der Waals surface area contributed by atoms with Gasteiger partial charge in [-0.05, 0) is 30.2 Å². The minimum Gasteiger partial charge on any atom is -0.492 e. The molecule has 0 saturated carbocycles. The van der Waals surface area contributed by atoms with Crippen molar-refractivity contribution in [3.05, 3.63) is 28.8 Å². The third-order valence-electron chi connectivity index (χ3n) is 2.66. The maximum Gasteiger partial charge on any atom is 0.245 e. The molecular formula is C12H13ClN2O3. The maximum absolute atomic E-state index is 11.8. The Hall–Kier alpha value is -1.75. The minimum atomic E-state index is -0.331. The van der Waals surface area contributed by atoms with Crippen LogP contribution in [0.1, 0.15) is 12.5 Å². The highest BCUT2D eigenvalue weighted by atomic mass is 35.5. The van der Waals surface area contributed by atoms with Crippen LogP contribution in [0.2, 0.25) is 5.02 Å². The third-order valence-corrected chi connectivity index (χ3v) is 2.90. The van der Waals surface area contributed by atoms with Gasteiger partial charge in [0.05, 0.1) is 5.92 Å². The average molecular weight is 269 g/mol. The average Bonchev–Trinajstić information content (AvgIpc) is 2.34. The zero-order valence-corrected chi connectivity index (χ0v) is 10.6. The fourth-order valence-corrected chi connectivity index (χ4v) is 1.98. The second kappa shape index (κ2) is 5.27. The van der Waals surface area contributed by atoms with E-state index >= 15 is 0 Å². The number of amides is 2. The van der Waals surface area contributed by atoms with Gasteiger partial charge in [0.1, 0.15) is 12.4 Å². The molecule has 1 aromatic rings. The molecule has 2 amide bonds. The van der Waals surface area contributed by atoms with Gasteiger partial charge in [-0.2, -0.15) is 0 Å². The van der Waals surface area contributed by atoms with Crippen LogP contribution in [-0.4, -0.2) is 18.4 Å². The van der Waals surface area contributed by atoms with Crippen LogP contribution in [0.15, 0.2) is 18.2 Å². The van der Waals surface area contributed by atoms with Crippen molar-refractivity contribution < 1.29 is 14.3 Å². The van der Waals surface area contributed by atoms with E-state index in [1.165, 1.54) is 6.92 Å². The van der Waals surface area contributed by atoms with Crippen molar-refractivity contribution >= 4 is 23.4 Å². The number of nitrogens with one attached hydrogen (secondary N) is 2. The van der Waals surface area contributed by atoms with Crippen molar-refractivity contribution in [1.82, 2.24) is 10.9 Å². The zero-order valence-electron chi connectivity index (χ0n) is 9.83. The molecular weight excluding hydrogens is 256 g/mol. The number of hydrogen-bond acceptors (Lipinski definition) is 3. The number of benzene rings is 1. The van der Waals surface area contributed by atoms with Crippen molar-refractivity contribution in [2.75, 3.05) is 6.61 Å². The van der Waals surface area contributed by atoms with Gasteiger partial charge in [-0.15, -0.1) is 0 Å². The van der Waals surface area contributed by atoms with Crippen molar-refractivity contribution in [2.24, 2.45) is 5.92 Å². The van der Waals surface area contributed by atoms with Crippen molar-refractivity contribution in [3.8, 4) is 5.75 Å². The number of halogens is 1. The Morgan fingerprint density at radius 3 is 2.89 bits per heavy atom. The van der Waals surface area contributed by atoms with Crippen LogP contribution in [0.4, 0.5) is 0 Å². The first-order chi connectivity index (χ1) is 8.56. The molecule has 0 saturated heterocycles. The summed E-state index contributed by atoms with van der Waals surface area (Å²) < 4.78 is 5.49. The van der Waals surface area contributed by atoms with Gasteiger partial charge < -0.3 is 4.74 Å². The number of carbonyl (C=O) groups excluding carboxylic acids is 2. The summed E-state index contributed by atoms with van der Waals surface area (Å²) in [4.78, 5) is 22.5. The monoisotopic (exact) mass is 268 g/mol. The largest absolute Gasteiger partial charge is 0.492 e. The summed E-state index contributed by atoms with van der Waals surface area (Å²) in [6.45, 7) is 1.62. The molecule has 1 aromatic carbocycles. The Kier molecular flexibility index (Phi) is 3.72. The quantitative estimate of drug-likeness (QED) is 0.749. The minimum absolute atomic E-state index is 0.268. The Morgan fingerprint density at radius 2 is 2.17 bits per heavy atom. The van der Waals surface area contributed by atoms with E-state index < -0.39 is 0 Å².